The summed E-state index contributed by atoms with van der Waals surface area (Å²) in [6.45, 7) is 1.31. The van der Waals surface area contributed by atoms with Gasteiger partial charge in [-0.1, -0.05) is 18.2 Å². The van der Waals surface area contributed by atoms with E-state index in [1.165, 1.54) is 17.0 Å². The Kier molecular flexibility index (Phi) is 5.48. The Morgan fingerprint density at radius 1 is 1.31 bits per heavy atom. The zero-order valence-electron chi connectivity index (χ0n) is 14.6. The smallest absolute Gasteiger partial charge is 0.270 e. The third kappa shape index (κ3) is 4.00. The van der Waals surface area contributed by atoms with Gasteiger partial charge in [-0.05, 0) is 31.0 Å². The second-order valence-electron chi connectivity index (χ2n) is 6.20. The van der Waals surface area contributed by atoms with E-state index in [2.05, 4.69) is 5.32 Å². The Balaban J connectivity index is 1.87. The molecular formula is C19H21N3O4. The second kappa shape index (κ2) is 7.97. The van der Waals surface area contributed by atoms with Crippen LogP contribution in [-0.2, 0) is 4.74 Å². The van der Waals surface area contributed by atoms with Gasteiger partial charge < -0.3 is 15.0 Å². The van der Waals surface area contributed by atoms with E-state index in [0.717, 1.165) is 19.4 Å². The molecule has 0 radical (unpaired) electrons. The molecule has 2 aromatic rings. The van der Waals surface area contributed by atoms with Gasteiger partial charge in [0.2, 0.25) is 0 Å². The van der Waals surface area contributed by atoms with Gasteiger partial charge in [-0.3, -0.25) is 14.9 Å². The number of amides is 1. The summed E-state index contributed by atoms with van der Waals surface area (Å²) in [5.74, 6) is -0.310. The first-order valence-electron chi connectivity index (χ1n) is 8.53. The van der Waals surface area contributed by atoms with Gasteiger partial charge in [0, 0.05) is 43.7 Å². The highest BCUT2D eigenvalue weighted by molar-refractivity contribution is 6.09. The van der Waals surface area contributed by atoms with E-state index in [1.807, 2.05) is 30.3 Å². The van der Waals surface area contributed by atoms with Crippen LogP contribution in [-0.4, -0.2) is 37.1 Å². The molecule has 26 heavy (non-hydrogen) atoms. The average Bonchev–Trinajstić information content (AvgIpc) is 3.19. The predicted octanol–water partition coefficient (Wildman–Crippen LogP) is 3.46. The van der Waals surface area contributed by atoms with Gasteiger partial charge in [0.05, 0.1) is 16.6 Å². The van der Waals surface area contributed by atoms with Gasteiger partial charge in [0.1, 0.15) is 0 Å². The number of para-hydroxylation sites is 1. The van der Waals surface area contributed by atoms with Crippen molar-refractivity contribution in [2.75, 3.05) is 30.4 Å². The summed E-state index contributed by atoms with van der Waals surface area (Å²) in [6, 6.07) is 13.5. The zero-order valence-corrected chi connectivity index (χ0v) is 14.6. The third-order valence-corrected chi connectivity index (χ3v) is 4.44. The molecule has 3 rings (SSSR count). The Labute approximate surface area is 151 Å². The standard InChI is InChI=1S/C19H21N3O4/c1-21(14-6-3-2-4-7-14)19(23)17-12-15(22(24)25)9-10-18(17)20-13-16-8-5-11-26-16/h2-4,6-7,9-10,12,16,20H,5,8,11,13H2,1H3/t16-/m1/s1. The van der Waals surface area contributed by atoms with Gasteiger partial charge in [-0.25, -0.2) is 0 Å². The number of nitrogens with one attached hydrogen (secondary N) is 1. The van der Waals surface area contributed by atoms with E-state index in [-0.39, 0.29) is 23.3 Å². The highest BCUT2D eigenvalue weighted by Gasteiger charge is 2.22. The van der Waals surface area contributed by atoms with Crippen molar-refractivity contribution in [2.24, 2.45) is 0 Å². The van der Waals surface area contributed by atoms with Gasteiger partial charge in [-0.2, -0.15) is 0 Å². The van der Waals surface area contributed by atoms with Crippen LogP contribution in [0, 0.1) is 10.1 Å². The van der Waals surface area contributed by atoms with E-state index in [1.54, 1.807) is 13.1 Å². The molecule has 136 valence electrons. The maximum absolute atomic E-state index is 13.0. The normalized spacial score (nSPS) is 16.3. The maximum atomic E-state index is 13.0. The Bertz CT molecular complexity index is 789. The zero-order chi connectivity index (χ0) is 18.5. The number of nitro groups is 1. The molecule has 0 unspecified atom stereocenters. The van der Waals surface area contributed by atoms with Gasteiger partial charge in [0.25, 0.3) is 11.6 Å². The summed E-state index contributed by atoms with van der Waals surface area (Å²) in [6.07, 6.45) is 2.09. The lowest BCUT2D eigenvalue weighted by Gasteiger charge is -2.20. The number of carbonyl (C=O) groups is 1. The molecule has 0 saturated carbocycles. The fraction of sp³-hybridized carbons (Fsp3) is 0.316. The van der Waals surface area contributed by atoms with Crippen LogP contribution in [0.25, 0.3) is 0 Å². The first-order valence-corrected chi connectivity index (χ1v) is 8.53. The molecule has 1 aliphatic heterocycles. The lowest BCUT2D eigenvalue weighted by atomic mass is 10.1. The Morgan fingerprint density at radius 3 is 2.73 bits per heavy atom. The minimum absolute atomic E-state index is 0.0972. The van der Waals surface area contributed by atoms with Crippen LogP contribution in [0.5, 0.6) is 0 Å². The molecule has 1 saturated heterocycles. The number of carbonyl (C=O) groups excluding carboxylic acids is 1. The van der Waals surface area contributed by atoms with Crippen LogP contribution in [0.4, 0.5) is 17.1 Å². The fourth-order valence-electron chi connectivity index (χ4n) is 2.96. The average molecular weight is 355 g/mol. The van der Waals surface area contributed by atoms with Crippen molar-refractivity contribution in [1.29, 1.82) is 0 Å². The summed E-state index contributed by atoms with van der Waals surface area (Å²) in [5.41, 5.74) is 1.44. The molecule has 0 bridgehead atoms. The van der Waals surface area contributed by atoms with E-state index < -0.39 is 4.92 Å². The third-order valence-electron chi connectivity index (χ3n) is 4.44. The van der Waals surface area contributed by atoms with Crippen LogP contribution in [0.3, 0.4) is 0 Å². The highest BCUT2D eigenvalue weighted by Crippen LogP contribution is 2.26. The second-order valence-corrected chi connectivity index (χ2v) is 6.20. The molecule has 1 heterocycles. The van der Waals surface area contributed by atoms with Crippen LogP contribution < -0.4 is 10.2 Å². The number of nitrogens with zero attached hydrogens (tertiary/aromatic N) is 2. The quantitative estimate of drug-likeness (QED) is 0.633. The number of hydrogen-bond donors (Lipinski definition) is 1. The molecule has 0 spiro atoms. The van der Waals surface area contributed by atoms with Gasteiger partial charge in [-0.15, -0.1) is 0 Å². The number of hydrogen-bond acceptors (Lipinski definition) is 5. The van der Waals surface area contributed by atoms with Crippen LogP contribution in [0.1, 0.15) is 23.2 Å². The predicted molar refractivity (Wildman–Crippen MR) is 99.7 cm³/mol. The minimum atomic E-state index is -0.497. The summed E-state index contributed by atoms with van der Waals surface area (Å²) < 4.78 is 5.59. The van der Waals surface area contributed by atoms with Gasteiger partial charge in [0.15, 0.2) is 0 Å². The summed E-state index contributed by atoms with van der Waals surface area (Å²) >= 11 is 0. The molecule has 2 aromatic carbocycles. The molecule has 1 N–H and O–H groups in total. The lowest BCUT2D eigenvalue weighted by Crippen LogP contribution is -2.28. The molecule has 7 heteroatoms. The molecule has 1 amide bonds. The first-order chi connectivity index (χ1) is 12.6. The molecule has 0 aromatic heterocycles. The maximum Gasteiger partial charge on any atom is 0.270 e. The van der Waals surface area contributed by atoms with Crippen molar-refractivity contribution in [2.45, 2.75) is 18.9 Å². The molecule has 1 atom stereocenters. The summed E-state index contributed by atoms with van der Waals surface area (Å²) in [7, 11) is 1.65. The van der Waals surface area contributed by atoms with Crippen molar-refractivity contribution < 1.29 is 14.5 Å². The van der Waals surface area contributed by atoms with E-state index >= 15 is 0 Å². The van der Waals surface area contributed by atoms with Crippen LogP contribution in [0.15, 0.2) is 48.5 Å². The highest BCUT2D eigenvalue weighted by atomic mass is 16.6. The van der Waals surface area contributed by atoms with Crippen molar-refractivity contribution in [3.8, 4) is 0 Å². The number of benzene rings is 2. The van der Waals surface area contributed by atoms with Crippen LogP contribution in [0.2, 0.25) is 0 Å². The number of anilines is 2. The Hall–Kier alpha value is -2.93. The van der Waals surface area contributed by atoms with Crippen molar-refractivity contribution in [3.63, 3.8) is 0 Å². The first kappa shape index (κ1) is 17.9. The molecule has 1 fully saturated rings. The van der Waals surface area contributed by atoms with Crippen molar-refractivity contribution in [3.05, 3.63) is 64.2 Å². The molecule has 7 nitrogen and oxygen atoms in total. The minimum Gasteiger partial charge on any atom is -0.382 e. The van der Waals surface area contributed by atoms with Crippen molar-refractivity contribution >= 4 is 23.0 Å². The van der Waals surface area contributed by atoms with E-state index in [0.29, 0.717) is 17.9 Å². The molecular weight excluding hydrogens is 334 g/mol. The van der Waals surface area contributed by atoms with Crippen LogP contribution >= 0.6 is 0 Å². The van der Waals surface area contributed by atoms with Gasteiger partial charge >= 0.3 is 0 Å². The van der Waals surface area contributed by atoms with Crippen molar-refractivity contribution in [1.82, 2.24) is 0 Å². The molecule has 1 aliphatic rings. The largest absolute Gasteiger partial charge is 0.382 e. The fourth-order valence-corrected chi connectivity index (χ4v) is 2.96. The van der Waals surface area contributed by atoms with E-state index in [9.17, 15) is 14.9 Å². The topological polar surface area (TPSA) is 84.7 Å². The monoisotopic (exact) mass is 355 g/mol. The number of ether oxygens (including phenoxy) is 1. The molecule has 0 aliphatic carbocycles. The number of rotatable bonds is 6. The number of non-ortho nitro benzene ring substituents is 1. The SMILES string of the molecule is CN(C(=O)c1cc([N+](=O)[O-])ccc1NC[C@H]1CCCO1)c1ccccc1. The number of nitro benzene ring substituents is 1. The summed E-state index contributed by atoms with van der Waals surface area (Å²) in [4.78, 5) is 25.1. The van der Waals surface area contributed by atoms with E-state index in [4.69, 9.17) is 4.74 Å². The lowest BCUT2D eigenvalue weighted by molar-refractivity contribution is -0.384. The Morgan fingerprint density at radius 2 is 2.08 bits per heavy atom. The summed E-state index contributed by atoms with van der Waals surface area (Å²) in [5, 5.41) is 14.3.